The van der Waals surface area contributed by atoms with E-state index in [1.807, 2.05) is 0 Å². The second-order valence-corrected chi connectivity index (χ2v) is 5.74. The lowest BCUT2D eigenvalue weighted by atomic mass is 9.95. The summed E-state index contributed by atoms with van der Waals surface area (Å²) in [6.45, 7) is 0. The molecule has 1 heteroatoms. The molecule has 0 aromatic heterocycles. The first-order chi connectivity index (χ1) is 6.28. The van der Waals surface area contributed by atoms with Gasteiger partial charge >= 0.3 is 0 Å². The predicted molar refractivity (Wildman–Crippen MR) is 54.3 cm³/mol. The molecule has 2 atom stereocenters. The fourth-order valence-electron chi connectivity index (χ4n) is 3.47. The van der Waals surface area contributed by atoms with Crippen LogP contribution in [0, 0.1) is 17.8 Å². The maximum Gasteiger partial charge on any atom is 0.0192 e. The average molecular weight is 179 g/mol. The van der Waals surface area contributed by atoms with Gasteiger partial charge < -0.3 is 5.73 Å². The van der Waals surface area contributed by atoms with Crippen LogP contribution < -0.4 is 5.73 Å². The fraction of sp³-hybridized carbons (Fsp3) is 1.00. The smallest absolute Gasteiger partial charge is 0.0192 e. The molecule has 0 bridgehead atoms. The van der Waals surface area contributed by atoms with Gasteiger partial charge in [-0.1, -0.05) is 25.7 Å². The Balaban J connectivity index is 1.54. The summed E-state index contributed by atoms with van der Waals surface area (Å²) >= 11 is 0. The Kier molecular flexibility index (Phi) is 1.74. The summed E-state index contributed by atoms with van der Waals surface area (Å²) in [7, 11) is 0. The van der Waals surface area contributed by atoms with E-state index in [2.05, 4.69) is 0 Å². The van der Waals surface area contributed by atoms with Crippen LogP contribution in [0.2, 0.25) is 0 Å². The van der Waals surface area contributed by atoms with E-state index in [-0.39, 0.29) is 0 Å². The summed E-state index contributed by atoms with van der Waals surface area (Å²) in [5.41, 5.74) is 6.73. The minimum atomic E-state index is 0.316. The van der Waals surface area contributed by atoms with Gasteiger partial charge in [-0.2, -0.15) is 0 Å². The summed E-state index contributed by atoms with van der Waals surface area (Å²) in [5.74, 6) is 2.98. The van der Waals surface area contributed by atoms with Crippen molar-refractivity contribution in [3.63, 3.8) is 0 Å². The van der Waals surface area contributed by atoms with E-state index in [1.165, 1.54) is 51.4 Å². The molecule has 3 rings (SSSR count). The van der Waals surface area contributed by atoms with E-state index in [0.717, 1.165) is 17.8 Å². The second-order valence-electron chi connectivity index (χ2n) is 5.74. The number of hydrogen-bond acceptors (Lipinski definition) is 1. The van der Waals surface area contributed by atoms with Gasteiger partial charge in [-0.25, -0.2) is 0 Å². The Morgan fingerprint density at radius 2 is 1.77 bits per heavy atom. The first-order valence-electron chi connectivity index (χ1n) is 6.07. The van der Waals surface area contributed by atoms with Gasteiger partial charge in [-0.3, -0.25) is 0 Å². The summed E-state index contributed by atoms with van der Waals surface area (Å²) in [4.78, 5) is 0. The van der Waals surface area contributed by atoms with E-state index in [0.29, 0.717) is 5.54 Å². The number of nitrogens with two attached hydrogens (primary N) is 1. The standard InChI is InChI=1S/C12H21N/c13-12(7-9-3-1-2-4-9)8-11(12)10-5-6-10/h9-11H,1-8,13H2. The normalized spacial score (nSPS) is 45.5. The molecule has 3 fully saturated rings. The average Bonchev–Trinajstić information content (AvgIpc) is 2.96. The van der Waals surface area contributed by atoms with Crippen LogP contribution in [0.5, 0.6) is 0 Å². The minimum Gasteiger partial charge on any atom is -0.325 e. The molecule has 0 aromatic carbocycles. The lowest BCUT2D eigenvalue weighted by molar-refractivity contribution is 0.400. The van der Waals surface area contributed by atoms with Crippen molar-refractivity contribution in [3.05, 3.63) is 0 Å². The van der Waals surface area contributed by atoms with Crippen molar-refractivity contribution in [2.45, 2.75) is 56.9 Å². The van der Waals surface area contributed by atoms with Gasteiger partial charge in [0.2, 0.25) is 0 Å². The summed E-state index contributed by atoms with van der Waals surface area (Å²) in [5, 5.41) is 0. The number of rotatable bonds is 3. The molecule has 3 aliphatic carbocycles. The monoisotopic (exact) mass is 179 g/mol. The van der Waals surface area contributed by atoms with Gasteiger partial charge in [0.15, 0.2) is 0 Å². The van der Waals surface area contributed by atoms with Crippen LogP contribution in [0.15, 0.2) is 0 Å². The van der Waals surface area contributed by atoms with E-state index < -0.39 is 0 Å². The molecule has 0 amide bonds. The first-order valence-corrected chi connectivity index (χ1v) is 6.07. The van der Waals surface area contributed by atoms with E-state index in [1.54, 1.807) is 0 Å². The summed E-state index contributed by atoms with van der Waals surface area (Å²) in [6, 6.07) is 0. The Morgan fingerprint density at radius 3 is 2.38 bits per heavy atom. The Morgan fingerprint density at radius 1 is 1.08 bits per heavy atom. The Labute approximate surface area is 81.1 Å². The van der Waals surface area contributed by atoms with E-state index in [9.17, 15) is 0 Å². The van der Waals surface area contributed by atoms with Crippen molar-refractivity contribution in [2.24, 2.45) is 23.5 Å². The van der Waals surface area contributed by atoms with Gasteiger partial charge in [-0.15, -0.1) is 0 Å². The summed E-state index contributed by atoms with van der Waals surface area (Å²) in [6.07, 6.45) is 11.5. The molecular formula is C12H21N. The molecule has 0 aromatic rings. The summed E-state index contributed by atoms with van der Waals surface area (Å²) < 4.78 is 0. The molecule has 0 heterocycles. The molecule has 74 valence electrons. The van der Waals surface area contributed by atoms with Crippen molar-refractivity contribution < 1.29 is 0 Å². The highest BCUT2D eigenvalue weighted by Gasteiger charge is 2.57. The van der Waals surface area contributed by atoms with E-state index in [4.69, 9.17) is 5.73 Å². The largest absolute Gasteiger partial charge is 0.325 e. The van der Waals surface area contributed by atoms with E-state index >= 15 is 0 Å². The molecule has 0 aliphatic heterocycles. The van der Waals surface area contributed by atoms with Crippen LogP contribution in [-0.4, -0.2) is 5.54 Å². The Hall–Kier alpha value is -0.0400. The molecule has 0 saturated heterocycles. The second kappa shape index (κ2) is 2.73. The maximum absolute atomic E-state index is 6.41. The van der Waals surface area contributed by atoms with Gasteiger partial charge in [0.25, 0.3) is 0 Å². The van der Waals surface area contributed by atoms with Crippen molar-refractivity contribution in [1.29, 1.82) is 0 Å². The van der Waals surface area contributed by atoms with Crippen molar-refractivity contribution in [1.82, 2.24) is 0 Å². The zero-order chi connectivity index (χ0) is 8.89. The molecule has 2 unspecified atom stereocenters. The molecule has 0 radical (unpaired) electrons. The third kappa shape index (κ3) is 1.52. The zero-order valence-electron chi connectivity index (χ0n) is 8.47. The highest BCUT2D eigenvalue weighted by atomic mass is 14.9. The molecular weight excluding hydrogens is 158 g/mol. The highest BCUT2D eigenvalue weighted by Crippen LogP contribution is 2.58. The van der Waals surface area contributed by atoms with Crippen LogP contribution >= 0.6 is 0 Å². The van der Waals surface area contributed by atoms with Crippen LogP contribution in [0.25, 0.3) is 0 Å². The minimum absolute atomic E-state index is 0.316. The molecule has 3 saturated carbocycles. The van der Waals surface area contributed by atoms with Crippen LogP contribution in [0.4, 0.5) is 0 Å². The van der Waals surface area contributed by atoms with Crippen molar-refractivity contribution in [2.75, 3.05) is 0 Å². The quantitative estimate of drug-likeness (QED) is 0.708. The highest BCUT2D eigenvalue weighted by molar-refractivity contribution is 5.13. The third-order valence-corrected chi connectivity index (χ3v) is 4.51. The third-order valence-electron chi connectivity index (χ3n) is 4.51. The fourth-order valence-corrected chi connectivity index (χ4v) is 3.47. The van der Waals surface area contributed by atoms with Gasteiger partial charge in [0.1, 0.15) is 0 Å². The molecule has 0 spiro atoms. The lowest BCUT2D eigenvalue weighted by Gasteiger charge is -2.16. The van der Waals surface area contributed by atoms with Gasteiger partial charge in [-0.05, 0) is 43.4 Å². The van der Waals surface area contributed by atoms with Crippen LogP contribution in [0.3, 0.4) is 0 Å². The van der Waals surface area contributed by atoms with Gasteiger partial charge in [0.05, 0.1) is 0 Å². The molecule has 1 nitrogen and oxygen atoms in total. The van der Waals surface area contributed by atoms with Crippen molar-refractivity contribution in [3.8, 4) is 0 Å². The van der Waals surface area contributed by atoms with Gasteiger partial charge in [0, 0.05) is 5.54 Å². The number of hydrogen-bond donors (Lipinski definition) is 1. The Bertz CT molecular complexity index is 203. The van der Waals surface area contributed by atoms with Crippen molar-refractivity contribution >= 4 is 0 Å². The zero-order valence-corrected chi connectivity index (χ0v) is 8.47. The molecule has 3 aliphatic rings. The first kappa shape index (κ1) is 8.28. The SMILES string of the molecule is NC1(CC2CCCC2)CC1C1CC1. The van der Waals surface area contributed by atoms with Crippen LogP contribution in [0.1, 0.15) is 51.4 Å². The molecule has 13 heavy (non-hydrogen) atoms. The topological polar surface area (TPSA) is 26.0 Å². The maximum atomic E-state index is 6.41. The predicted octanol–water partition coefficient (Wildman–Crippen LogP) is 2.69. The molecule has 2 N–H and O–H groups in total. The lowest BCUT2D eigenvalue weighted by Crippen LogP contribution is -2.28. The van der Waals surface area contributed by atoms with Crippen LogP contribution in [-0.2, 0) is 0 Å².